The van der Waals surface area contributed by atoms with Crippen LogP contribution in [0.3, 0.4) is 0 Å². The monoisotopic (exact) mass is 306 g/mol. The average Bonchev–Trinajstić information content (AvgIpc) is 2.25. The van der Waals surface area contributed by atoms with Gasteiger partial charge >= 0.3 is 23.9 Å². The van der Waals surface area contributed by atoms with Crippen LogP contribution in [-0.2, 0) is 23.9 Å². The van der Waals surface area contributed by atoms with Gasteiger partial charge in [0.1, 0.15) is 6.10 Å². The van der Waals surface area contributed by atoms with Gasteiger partial charge in [0.15, 0.2) is 0 Å². The lowest BCUT2D eigenvalue weighted by Gasteiger charge is -2.25. The van der Waals surface area contributed by atoms with Gasteiger partial charge in [-0.25, -0.2) is 0 Å². The van der Waals surface area contributed by atoms with Crippen LogP contribution in [0.2, 0.25) is 0 Å². The maximum Gasteiger partial charge on any atom is 0.311 e. The van der Waals surface area contributed by atoms with E-state index in [-0.39, 0.29) is 0 Å². The molecule has 0 rings (SSSR count). The van der Waals surface area contributed by atoms with Gasteiger partial charge in [-0.2, -0.15) is 0 Å². The van der Waals surface area contributed by atoms with E-state index in [0.717, 1.165) is 0 Å². The molecule has 0 saturated carbocycles. The molecule has 21 heavy (non-hydrogen) atoms. The van der Waals surface area contributed by atoms with Gasteiger partial charge in [0, 0.05) is 0 Å². The number of rotatable bonds is 9. The van der Waals surface area contributed by atoms with Crippen LogP contribution in [-0.4, -0.2) is 56.5 Å². The predicted octanol–water partition coefficient (Wildman–Crippen LogP) is -0.291. The molecule has 1 unspecified atom stereocenters. The summed E-state index contributed by atoms with van der Waals surface area (Å²) in [5.74, 6) is -5.08. The molecule has 0 heterocycles. The maximum atomic E-state index is 11.5. The van der Waals surface area contributed by atoms with E-state index in [9.17, 15) is 24.3 Å². The summed E-state index contributed by atoms with van der Waals surface area (Å²) in [5, 5.41) is 35.7. The van der Waals surface area contributed by atoms with Gasteiger partial charge in [0.2, 0.25) is 0 Å². The first kappa shape index (κ1) is 18.8. The maximum absolute atomic E-state index is 11.5. The minimum Gasteiger partial charge on any atom is -0.481 e. The predicted molar refractivity (Wildman–Crippen MR) is 66.4 cm³/mol. The van der Waals surface area contributed by atoms with Crippen molar-refractivity contribution in [1.82, 2.24) is 0 Å². The number of aliphatic carboxylic acids is 3. The molecular weight excluding hydrogens is 288 g/mol. The second-order valence-electron chi connectivity index (χ2n) is 5.05. The van der Waals surface area contributed by atoms with E-state index in [1.54, 1.807) is 0 Å². The highest BCUT2D eigenvalue weighted by Crippen LogP contribution is 2.24. The van der Waals surface area contributed by atoms with Crippen molar-refractivity contribution >= 4 is 23.9 Å². The normalized spacial score (nSPS) is 12.8. The molecule has 0 saturated heterocycles. The highest BCUT2D eigenvalue weighted by molar-refractivity contribution is 5.78. The number of hydrogen-bond donors (Lipinski definition) is 4. The second-order valence-corrected chi connectivity index (χ2v) is 5.05. The molecule has 0 spiro atoms. The molecule has 0 aliphatic rings. The Morgan fingerprint density at radius 2 is 1.38 bits per heavy atom. The molecule has 1 atom stereocenters. The molecule has 0 aliphatic carbocycles. The van der Waals surface area contributed by atoms with Crippen LogP contribution >= 0.6 is 0 Å². The summed E-state index contributed by atoms with van der Waals surface area (Å²) < 4.78 is 4.66. The molecule has 0 bridgehead atoms. The summed E-state index contributed by atoms with van der Waals surface area (Å²) in [5.41, 5.74) is -1.60. The standard InChI is InChI=1S/C12H18O9/c1-12(2,11(19)20)7(13)5-10(18)21-6(3-8(14)15)4-9(16)17/h6-7,13H,3-5H2,1-2H3,(H,14,15)(H,16,17)(H,19,20). The summed E-state index contributed by atoms with van der Waals surface area (Å²) in [6.07, 6.45) is -5.02. The Bertz CT molecular complexity index is 410. The van der Waals surface area contributed by atoms with E-state index in [1.165, 1.54) is 13.8 Å². The number of ether oxygens (including phenoxy) is 1. The fraction of sp³-hybridized carbons (Fsp3) is 0.667. The molecule has 0 aromatic heterocycles. The van der Waals surface area contributed by atoms with Gasteiger partial charge in [-0.05, 0) is 13.8 Å². The fourth-order valence-electron chi connectivity index (χ4n) is 1.33. The Hall–Kier alpha value is -2.16. The molecule has 4 N–H and O–H groups in total. The topological polar surface area (TPSA) is 158 Å². The van der Waals surface area contributed by atoms with Crippen LogP contribution in [0.4, 0.5) is 0 Å². The molecule has 0 aromatic rings. The largest absolute Gasteiger partial charge is 0.481 e. The summed E-state index contributed by atoms with van der Waals surface area (Å²) in [6, 6.07) is 0. The first-order valence-corrected chi connectivity index (χ1v) is 6.01. The number of carbonyl (C=O) groups excluding carboxylic acids is 1. The van der Waals surface area contributed by atoms with Crippen LogP contribution in [0, 0.1) is 5.41 Å². The lowest BCUT2D eigenvalue weighted by molar-refractivity contribution is -0.161. The molecular formula is C12H18O9. The number of aliphatic hydroxyl groups is 1. The van der Waals surface area contributed by atoms with Gasteiger partial charge in [0.25, 0.3) is 0 Å². The summed E-state index contributed by atoms with van der Waals surface area (Å²) >= 11 is 0. The zero-order valence-electron chi connectivity index (χ0n) is 11.6. The lowest BCUT2D eigenvalue weighted by Crippen LogP contribution is -2.39. The third-order valence-corrected chi connectivity index (χ3v) is 2.85. The molecule has 9 nitrogen and oxygen atoms in total. The van der Waals surface area contributed by atoms with Crippen molar-refractivity contribution in [2.75, 3.05) is 0 Å². The number of esters is 1. The first-order chi connectivity index (χ1) is 9.46. The van der Waals surface area contributed by atoms with Gasteiger partial charge < -0.3 is 25.2 Å². The van der Waals surface area contributed by atoms with E-state index in [1.807, 2.05) is 0 Å². The van der Waals surface area contributed by atoms with Crippen molar-refractivity contribution in [2.24, 2.45) is 5.41 Å². The minimum atomic E-state index is -1.60. The second kappa shape index (κ2) is 7.58. The van der Waals surface area contributed by atoms with E-state index in [4.69, 9.17) is 15.3 Å². The molecule has 0 fully saturated rings. The molecule has 0 amide bonds. The Balaban J connectivity index is 4.66. The molecule has 0 radical (unpaired) electrons. The Kier molecular flexibility index (Phi) is 6.80. The van der Waals surface area contributed by atoms with Crippen molar-refractivity contribution in [3.63, 3.8) is 0 Å². The van der Waals surface area contributed by atoms with Gasteiger partial charge in [-0.15, -0.1) is 0 Å². The van der Waals surface area contributed by atoms with Gasteiger partial charge in [-0.1, -0.05) is 0 Å². The van der Waals surface area contributed by atoms with Crippen molar-refractivity contribution in [1.29, 1.82) is 0 Å². The number of carboxylic acids is 3. The first-order valence-electron chi connectivity index (χ1n) is 6.01. The summed E-state index contributed by atoms with van der Waals surface area (Å²) in [6.45, 7) is 2.42. The van der Waals surface area contributed by atoms with Crippen molar-refractivity contribution in [3.8, 4) is 0 Å². The van der Waals surface area contributed by atoms with Crippen LogP contribution in [0.25, 0.3) is 0 Å². The lowest BCUT2D eigenvalue weighted by atomic mass is 9.85. The van der Waals surface area contributed by atoms with E-state index < -0.39 is 60.8 Å². The van der Waals surface area contributed by atoms with E-state index in [0.29, 0.717) is 0 Å². The number of carbonyl (C=O) groups is 4. The van der Waals surface area contributed by atoms with E-state index in [2.05, 4.69) is 4.74 Å². The molecule has 0 aromatic carbocycles. The third-order valence-electron chi connectivity index (χ3n) is 2.85. The molecule has 9 heteroatoms. The highest BCUT2D eigenvalue weighted by Gasteiger charge is 2.37. The van der Waals surface area contributed by atoms with Crippen molar-refractivity contribution in [3.05, 3.63) is 0 Å². The smallest absolute Gasteiger partial charge is 0.311 e. The fourth-order valence-corrected chi connectivity index (χ4v) is 1.33. The van der Waals surface area contributed by atoms with Crippen LogP contribution in [0.5, 0.6) is 0 Å². The van der Waals surface area contributed by atoms with Crippen molar-refractivity contribution < 1.29 is 44.3 Å². The molecule has 120 valence electrons. The number of hydrogen-bond acceptors (Lipinski definition) is 6. The van der Waals surface area contributed by atoms with Crippen LogP contribution in [0.1, 0.15) is 33.1 Å². The molecule has 0 aliphatic heterocycles. The Labute approximate surface area is 120 Å². The van der Waals surface area contributed by atoms with E-state index >= 15 is 0 Å². The average molecular weight is 306 g/mol. The van der Waals surface area contributed by atoms with Crippen LogP contribution < -0.4 is 0 Å². The highest BCUT2D eigenvalue weighted by atomic mass is 16.5. The van der Waals surface area contributed by atoms with Gasteiger partial charge in [-0.3, -0.25) is 19.2 Å². The summed E-state index contributed by atoms with van der Waals surface area (Å²) in [7, 11) is 0. The summed E-state index contributed by atoms with van der Waals surface area (Å²) in [4.78, 5) is 43.5. The Morgan fingerprint density at radius 3 is 1.71 bits per heavy atom. The zero-order chi connectivity index (χ0) is 16.8. The SMILES string of the molecule is CC(C)(C(=O)O)C(O)CC(=O)OC(CC(=O)O)CC(=O)O. The van der Waals surface area contributed by atoms with Crippen molar-refractivity contribution in [2.45, 2.75) is 45.3 Å². The van der Waals surface area contributed by atoms with Crippen LogP contribution in [0.15, 0.2) is 0 Å². The Morgan fingerprint density at radius 1 is 0.952 bits per heavy atom. The van der Waals surface area contributed by atoms with Gasteiger partial charge in [0.05, 0.1) is 30.8 Å². The number of carboxylic acid groups (broad SMARTS) is 3. The number of aliphatic hydroxyl groups excluding tert-OH is 1. The zero-order valence-corrected chi connectivity index (χ0v) is 11.6. The quantitative estimate of drug-likeness (QED) is 0.420. The third kappa shape index (κ3) is 6.70. The minimum absolute atomic E-state index is 0.685.